The van der Waals surface area contributed by atoms with Gasteiger partial charge < -0.3 is 5.32 Å². The molecule has 2 N–H and O–H groups in total. The quantitative estimate of drug-likeness (QED) is 0.523. The van der Waals surface area contributed by atoms with E-state index in [2.05, 4.69) is 10.0 Å². The molecule has 25 heavy (non-hydrogen) atoms. The molecule has 0 aromatic heterocycles. The standard InChI is InChI=1S/C17H28N2O4S2/c1-24(20,21)14-15-8-10-17(11-9-15)25(22,23)19-13-12-18-16-6-4-2-3-5-7-16/h8-11,16,18-19H,2-7,12-14H2,1H3. The van der Waals surface area contributed by atoms with Gasteiger partial charge in [-0.3, -0.25) is 0 Å². The van der Waals surface area contributed by atoms with Crippen LogP contribution in [0, 0.1) is 0 Å². The Bertz CT molecular complexity index is 735. The molecule has 0 amide bonds. The number of hydrogen-bond donors (Lipinski definition) is 2. The van der Waals surface area contributed by atoms with Gasteiger partial charge in [0, 0.05) is 25.4 Å². The van der Waals surface area contributed by atoms with Gasteiger partial charge in [0.1, 0.15) is 0 Å². The highest BCUT2D eigenvalue weighted by atomic mass is 32.2. The van der Waals surface area contributed by atoms with Gasteiger partial charge in [0.05, 0.1) is 10.6 Å². The van der Waals surface area contributed by atoms with Gasteiger partial charge >= 0.3 is 0 Å². The summed E-state index contributed by atoms with van der Waals surface area (Å²) >= 11 is 0. The molecule has 1 aliphatic rings. The molecule has 1 saturated carbocycles. The summed E-state index contributed by atoms with van der Waals surface area (Å²) in [7, 11) is -6.70. The number of sulfonamides is 1. The second kappa shape index (κ2) is 9.12. The predicted octanol–water partition coefficient (Wildman–Crippen LogP) is 1.82. The maximum Gasteiger partial charge on any atom is 0.240 e. The Morgan fingerprint density at radius 3 is 2.08 bits per heavy atom. The highest BCUT2D eigenvalue weighted by molar-refractivity contribution is 7.90. The van der Waals surface area contributed by atoms with Crippen molar-refractivity contribution in [3.63, 3.8) is 0 Å². The van der Waals surface area contributed by atoms with Gasteiger partial charge in [-0.1, -0.05) is 37.8 Å². The fourth-order valence-corrected chi connectivity index (χ4v) is 4.93. The van der Waals surface area contributed by atoms with Crippen molar-refractivity contribution in [2.24, 2.45) is 0 Å². The normalized spacial score (nSPS) is 17.3. The molecule has 142 valence electrons. The van der Waals surface area contributed by atoms with E-state index in [4.69, 9.17) is 0 Å². The molecule has 1 aromatic rings. The van der Waals surface area contributed by atoms with Gasteiger partial charge in [0.15, 0.2) is 9.84 Å². The van der Waals surface area contributed by atoms with Crippen LogP contribution >= 0.6 is 0 Å². The van der Waals surface area contributed by atoms with Crippen LogP contribution in [0.25, 0.3) is 0 Å². The molecular formula is C17H28N2O4S2. The topological polar surface area (TPSA) is 92.3 Å². The Morgan fingerprint density at radius 2 is 1.52 bits per heavy atom. The minimum atomic E-state index is -3.57. The number of rotatable bonds is 8. The van der Waals surface area contributed by atoms with Crippen molar-refractivity contribution < 1.29 is 16.8 Å². The van der Waals surface area contributed by atoms with Gasteiger partial charge in [-0.05, 0) is 30.5 Å². The number of nitrogens with one attached hydrogen (secondary N) is 2. The third kappa shape index (κ3) is 7.43. The lowest BCUT2D eigenvalue weighted by molar-refractivity contribution is 0.461. The first-order valence-corrected chi connectivity index (χ1v) is 12.3. The van der Waals surface area contributed by atoms with Crippen LogP contribution < -0.4 is 10.0 Å². The van der Waals surface area contributed by atoms with Crippen molar-refractivity contribution in [3.8, 4) is 0 Å². The summed E-state index contributed by atoms with van der Waals surface area (Å²) in [6.07, 6.45) is 8.54. The third-order valence-electron chi connectivity index (χ3n) is 4.37. The molecule has 0 spiro atoms. The molecule has 0 atom stereocenters. The summed E-state index contributed by atoms with van der Waals surface area (Å²) < 4.78 is 49.7. The van der Waals surface area contributed by atoms with Crippen molar-refractivity contribution in [2.75, 3.05) is 19.3 Å². The van der Waals surface area contributed by atoms with Crippen molar-refractivity contribution in [3.05, 3.63) is 29.8 Å². The van der Waals surface area contributed by atoms with Gasteiger partial charge in [-0.15, -0.1) is 0 Å². The zero-order valence-electron chi connectivity index (χ0n) is 14.7. The Morgan fingerprint density at radius 1 is 0.920 bits per heavy atom. The summed E-state index contributed by atoms with van der Waals surface area (Å²) in [5.41, 5.74) is 0.580. The predicted molar refractivity (Wildman–Crippen MR) is 99.7 cm³/mol. The number of hydrogen-bond acceptors (Lipinski definition) is 5. The molecule has 1 aliphatic carbocycles. The van der Waals surface area contributed by atoms with E-state index in [0.717, 1.165) is 19.1 Å². The highest BCUT2D eigenvalue weighted by Gasteiger charge is 2.15. The molecule has 1 aromatic carbocycles. The SMILES string of the molecule is CS(=O)(=O)Cc1ccc(S(=O)(=O)NCCNC2CCCCCC2)cc1. The maximum atomic E-state index is 12.3. The smallest absolute Gasteiger partial charge is 0.240 e. The van der Waals surface area contributed by atoms with E-state index < -0.39 is 19.9 Å². The minimum absolute atomic E-state index is 0.0912. The average molecular weight is 389 g/mol. The van der Waals surface area contributed by atoms with Gasteiger partial charge in [-0.25, -0.2) is 21.6 Å². The van der Waals surface area contributed by atoms with E-state index in [1.807, 2.05) is 0 Å². The van der Waals surface area contributed by atoms with Crippen molar-refractivity contribution in [1.29, 1.82) is 0 Å². The van der Waals surface area contributed by atoms with Crippen LogP contribution in [0.5, 0.6) is 0 Å². The molecule has 1 fully saturated rings. The molecule has 6 nitrogen and oxygen atoms in total. The molecule has 0 saturated heterocycles. The molecule has 0 radical (unpaired) electrons. The lowest BCUT2D eigenvalue weighted by Crippen LogP contribution is -2.36. The fourth-order valence-electron chi connectivity index (χ4n) is 3.10. The summed E-state index contributed by atoms with van der Waals surface area (Å²) in [6.45, 7) is 0.944. The first-order chi connectivity index (χ1) is 11.8. The molecule has 0 aliphatic heterocycles. The Hall–Kier alpha value is -0.960. The van der Waals surface area contributed by atoms with Crippen LogP contribution in [0.15, 0.2) is 29.2 Å². The molecular weight excluding hydrogens is 360 g/mol. The van der Waals surface area contributed by atoms with Crippen LogP contribution in [0.4, 0.5) is 0 Å². The monoisotopic (exact) mass is 388 g/mol. The van der Waals surface area contributed by atoms with Crippen molar-refractivity contribution >= 4 is 19.9 Å². The minimum Gasteiger partial charge on any atom is -0.313 e. The molecule has 0 unspecified atom stereocenters. The fraction of sp³-hybridized carbons (Fsp3) is 0.647. The van der Waals surface area contributed by atoms with E-state index in [0.29, 0.717) is 24.7 Å². The van der Waals surface area contributed by atoms with E-state index >= 15 is 0 Å². The summed E-state index contributed by atoms with van der Waals surface area (Å²) in [5, 5.41) is 3.43. The number of sulfone groups is 1. The summed E-state index contributed by atoms with van der Waals surface area (Å²) in [5.74, 6) is -0.0912. The number of benzene rings is 1. The first kappa shape index (κ1) is 20.4. The van der Waals surface area contributed by atoms with Crippen LogP contribution in [-0.4, -0.2) is 42.2 Å². The zero-order chi connectivity index (χ0) is 18.3. The largest absolute Gasteiger partial charge is 0.313 e. The third-order valence-corrected chi connectivity index (χ3v) is 6.70. The average Bonchev–Trinajstić information content (AvgIpc) is 2.79. The van der Waals surface area contributed by atoms with E-state index in [1.165, 1.54) is 37.8 Å². The van der Waals surface area contributed by atoms with Crippen molar-refractivity contribution in [2.45, 2.75) is 55.2 Å². The highest BCUT2D eigenvalue weighted by Crippen LogP contribution is 2.17. The second-order valence-corrected chi connectivity index (χ2v) is 10.7. The van der Waals surface area contributed by atoms with Gasteiger partial charge in [0.25, 0.3) is 0 Å². The van der Waals surface area contributed by atoms with Crippen LogP contribution in [0.3, 0.4) is 0 Å². The Labute approximate surface area is 151 Å². The molecule has 0 heterocycles. The lowest BCUT2D eigenvalue weighted by Gasteiger charge is -2.16. The molecule has 8 heteroatoms. The van der Waals surface area contributed by atoms with E-state index in [9.17, 15) is 16.8 Å². The lowest BCUT2D eigenvalue weighted by atomic mass is 10.1. The Balaban J connectivity index is 1.82. The van der Waals surface area contributed by atoms with E-state index in [1.54, 1.807) is 12.1 Å². The Kier molecular flexibility index (Phi) is 7.42. The van der Waals surface area contributed by atoms with E-state index in [-0.39, 0.29) is 10.6 Å². The molecule has 0 bridgehead atoms. The second-order valence-electron chi connectivity index (χ2n) is 6.75. The van der Waals surface area contributed by atoms with Gasteiger partial charge in [-0.2, -0.15) is 0 Å². The van der Waals surface area contributed by atoms with Gasteiger partial charge in [0.2, 0.25) is 10.0 Å². The summed E-state index contributed by atoms with van der Waals surface area (Å²) in [4.78, 5) is 0.152. The molecule has 2 rings (SSSR count). The first-order valence-electron chi connectivity index (χ1n) is 8.76. The van der Waals surface area contributed by atoms with Crippen LogP contribution in [0.1, 0.15) is 44.1 Å². The maximum absolute atomic E-state index is 12.3. The summed E-state index contributed by atoms with van der Waals surface area (Å²) in [6, 6.07) is 6.46. The van der Waals surface area contributed by atoms with Crippen LogP contribution in [-0.2, 0) is 25.6 Å². The van der Waals surface area contributed by atoms with Crippen molar-refractivity contribution in [1.82, 2.24) is 10.0 Å². The zero-order valence-corrected chi connectivity index (χ0v) is 16.3. The van der Waals surface area contributed by atoms with Crippen LogP contribution in [0.2, 0.25) is 0 Å².